The molecule has 0 amide bonds. The quantitative estimate of drug-likeness (QED) is 0.172. The average Bonchev–Trinajstić information content (AvgIpc) is 2.48. The fourth-order valence-corrected chi connectivity index (χ4v) is 316. The summed E-state index contributed by atoms with van der Waals surface area (Å²) >= 11 is 0. The van der Waals surface area contributed by atoms with Gasteiger partial charge in [-0.25, -0.2) is 0 Å². The normalized spacial score (nSPS) is 16.7. The molecule has 0 aromatic heterocycles. The van der Waals surface area contributed by atoms with Crippen molar-refractivity contribution < 1.29 is 0 Å². The highest BCUT2D eigenvalue weighted by molar-refractivity contribution is 9.36. The van der Waals surface area contributed by atoms with Crippen LogP contribution in [-0.2, 0) is 0 Å². The second-order valence-electron chi connectivity index (χ2n) is 4.09. The van der Waals surface area contributed by atoms with Gasteiger partial charge in [0.25, 0.3) is 0 Å². The first-order valence-corrected chi connectivity index (χ1v) is 54.1. The lowest BCUT2D eigenvalue weighted by Gasteiger charge is -2.45. The molecule has 0 radical (unpaired) electrons. The van der Waals surface area contributed by atoms with Crippen molar-refractivity contribution in [3.63, 3.8) is 0 Å². The van der Waals surface area contributed by atoms with Gasteiger partial charge in [-0.2, -0.15) is 0 Å². The van der Waals surface area contributed by atoms with Crippen molar-refractivity contribution >= 4 is 217 Å². The van der Waals surface area contributed by atoms with Gasteiger partial charge < -0.3 is 0 Å². The number of hydrogen-bond acceptors (Lipinski definition) is 0. The lowest BCUT2D eigenvalue weighted by molar-refractivity contribution is 4.50. The molecule has 0 aromatic rings. The Labute approximate surface area is 215 Å². The molecule has 0 rings (SSSR count). The van der Waals surface area contributed by atoms with E-state index in [2.05, 4.69) is 125 Å². The van der Waals surface area contributed by atoms with Crippen LogP contribution in [-0.4, -0.2) is 1.28 Å². The van der Waals surface area contributed by atoms with Gasteiger partial charge in [-0.3, -0.25) is 0 Å². The molecule has 0 aliphatic rings. The highest BCUT2D eigenvalue weighted by Crippen LogP contribution is 3.30. The summed E-state index contributed by atoms with van der Waals surface area (Å²) < 4.78 is 9.88. The van der Waals surface area contributed by atoms with Gasteiger partial charge in [0.2, 0.25) is 0 Å². The van der Waals surface area contributed by atoms with E-state index in [0.717, 1.165) is 0 Å². The van der Waals surface area contributed by atoms with E-state index in [1.807, 2.05) is 0 Å². The van der Waals surface area contributed by atoms with Crippen molar-refractivity contribution in [2.75, 3.05) is 0 Å². The molecule has 0 heterocycles. The first-order valence-electron chi connectivity index (χ1n) is 6.46. The predicted octanol–water partition coefficient (Wildman–Crippen LogP) is 15.5. The summed E-state index contributed by atoms with van der Waals surface area (Å²) in [6.07, 6.45) is 0. The van der Waals surface area contributed by atoms with Gasteiger partial charge in [0.1, 0.15) is 0 Å². The third-order valence-electron chi connectivity index (χ3n) is 2.09. The second kappa shape index (κ2) is 21.3. The fraction of sp³-hybridized carbons (Fsp3) is 0. The molecule has 0 fully saturated rings. The number of rotatable bonds is 12. The maximum Gasteiger partial charge on any atom is 0.0690 e. The molecule has 16 unspecified atom stereocenters. The summed E-state index contributed by atoms with van der Waals surface area (Å²) in [7, 11) is 43.5. The van der Waals surface area contributed by atoms with Crippen LogP contribution in [0.4, 0.5) is 0 Å². The summed E-state index contributed by atoms with van der Waals surface area (Å²) in [6, 6.07) is 0. The van der Waals surface area contributed by atoms with E-state index in [4.69, 9.17) is 0 Å². The smallest absolute Gasteiger partial charge is 0.0690 e. The molecule has 0 aromatic carbocycles. The predicted molar refractivity (Wildman–Crippen MR) is 227 cm³/mol. The molecule has 164 valence electrons. The van der Waals surface area contributed by atoms with Crippen molar-refractivity contribution in [1.82, 2.24) is 0 Å². The zero-order valence-electron chi connectivity index (χ0n) is 14.9. The maximum atomic E-state index is 9.88. The summed E-state index contributed by atoms with van der Waals surface area (Å²) in [5.74, 6) is 0. The Morgan fingerprint density at radius 3 is 0.778 bits per heavy atom. The largest absolute Gasteiger partial charge is 0.102 e. The van der Waals surface area contributed by atoms with Gasteiger partial charge in [0.15, 0.2) is 0 Å². The van der Waals surface area contributed by atoms with E-state index < -0.39 is 7.90 Å². The third kappa shape index (κ3) is 15.4. The summed E-state index contributed by atoms with van der Waals surface area (Å²) in [5, 5.41) is 0. The molecule has 0 saturated carbocycles. The van der Waals surface area contributed by atoms with Crippen LogP contribution < -0.4 is 0 Å². The summed E-state index contributed by atoms with van der Waals surface area (Å²) in [5.41, 5.74) is 0. The van der Waals surface area contributed by atoms with Crippen LogP contribution in [0.3, 0.4) is 0 Å². The van der Waals surface area contributed by atoms with E-state index in [0.29, 0.717) is 0 Å². The van der Waals surface area contributed by atoms with Crippen molar-refractivity contribution in [1.29, 1.82) is 1.28 Å². The topological polar surface area (TPSA) is 0 Å². The molecule has 0 bridgehead atoms. The maximum absolute atomic E-state index is 9.88. The average molecular weight is 868 g/mol. The molecule has 16 atom stereocenters. The minimum absolute atomic E-state index is 0.0940. The van der Waals surface area contributed by atoms with Crippen LogP contribution >= 0.6 is 217 Å². The molecule has 0 spiro atoms. The van der Waals surface area contributed by atoms with E-state index >= 15 is 0 Å². The molecule has 0 N–H and O–H groups in total. The van der Waals surface area contributed by atoms with E-state index in [1.54, 1.807) is 0 Å². The minimum Gasteiger partial charge on any atom is -0.102 e. The molecule has 0 aliphatic carbocycles. The zero-order valence-corrected chi connectivity index (χ0v) is 41.7. The van der Waals surface area contributed by atoms with Crippen LogP contribution in [0.2, 0.25) is 0 Å². The Hall–Kier alpha value is 11.6. The molecule has 0 aliphatic heterocycles. The van der Waals surface area contributed by atoms with Gasteiger partial charge in [0.05, 0.1) is 1.28 Å². The van der Waals surface area contributed by atoms with E-state index in [1.165, 1.54) is 0 Å². The van der Waals surface area contributed by atoms with Gasteiger partial charge >= 0.3 is 0 Å². The number of hydrogen-bond donors (Lipinski definition) is 0. The highest BCUT2D eigenvalue weighted by atomic mass is 33.4. The molecular formula is H29P27. The van der Waals surface area contributed by atoms with Gasteiger partial charge in [0, 0.05) is 0 Å². The zero-order chi connectivity index (χ0) is 22.5. The van der Waals surface area contributed by atoms with Crippen LogP contribution in [0, 0.1) is 0 Å². The van der Waals surface area contributed by atoms with E-state index in [9.17, 15) is 1.28 Å². The lowest BCUT2D eigenvalue weighted by Crippen LogP contribution is -1.56. The standard InChI is InChI=1S/H29P27/c1-16(2)23(25(17(3)4)18(5)6)15-24(26(19(7)8)20(9)10)27(21(11)12)22(13)14/h15H,1-14H2/i15T. The van der Waals surface area contributed by atoms with Crippen LogP contribution in [0.5, 0.6) is 0 Å². The van der Waals surface area contributed by atoms with Gasteiger partial charge in [-0.15, -0.1) is 125 Å². The molecule has 0 nitrogen and oxygen atoms in total. The Balaban J connectivity index is 6.49. The Kier molecular flexibility index (Phi) is 28.9. The minimum atomic E-state index is -0.669. The lowest BCUT2D eigenvalue weighted by atomic mass is 28.5. The monoisotopic (exact) mass is 868 g/mol. The Bertz CT molecular complexity index is 360. The summed E-state index contributed by atoms with van der Waals surface area (Å²) in [4.78, 5) is 0. The van der Waals surface area contributed by atoms with Crippen molar-refractivity contribution in [2.45, 2.75) is 0 Å². The van der Waals surface area contributed by atoms with Gasteiger partial charge in [-0.05, 0) is 91.8 Å². The van der Waals surface area contributed by atoms with Crippen molar-refractivity contribution in [3.05, 3.63) is 0 Å². The van der Waals surface area contributed by atoms with Crippen molar-refractivity contribution in [3.8, 4) is 0 Å². The molecular weight excluding hydrogens is 836 g/mol. The third-order valence-corrected chi connectivity index (χ3v) is 169. The molecule has 27 heteroatoms. The van der Waals surface area contributed by atoms with Crippen LogP contribution in [0.1, 0.15) is 0 Å². The second-order valence-corrected chi connectivity index (χ2v) is 110. The first kappa shape index (κ1) is 36.6. The SMILES string of the molecule is [3H]P(P(P(P)P)P(P(P)P)P(P)P)P(P(P(P)P)P(P)P)P(P(P)P)P(P)P. The van der Waals surface area contributed by atoms with Crippen LogP contribution in [0.15, 0.2) is 0 Å². The summed E-state index contributed by atoms with van der Waals surface area (Å²) in [6.45, 7) is -1.80. The molecule has 27 heavy (non-hydrogen) atoms. The Morgan fingerprint density at radius 2 is 0.593 bits per heavy atom. The fourth-order valence-electron chi connectivity index (χ4n) is 1.30. The van der Waals surface area contributed by atoms with Crippen molar-refractivity contribution in [2.24, 2.45) is 0 Å². The Morgan fingerprint density at radius 1 is 0.370 bits per heavy atom. The van der Waals surface area contributed by atoms with E-state index in [-0.39, 0.29) is 83.8 Å². The molecule has 0 saturated heterocycles. The highest BCUT2D eigenvalue weighted by Gasteiger charge is 2.42. The van der Waals surface area contributed by atoms with Gasteiger partial charge in [-0.1, -0.05) is 0 Å². The first-order chi connectivity index (χ1) is 12.7. The van der Waals surface area contributed by atoms with Crippen LogP contribution in [0.25, 0.3) is 0 Å².